The Kier molecular flexibility index (Phi) is 3.63. The summed E-state index contributed by atoms with van der Waals surface area (Å²) >= 11 is 0. The normalized spacial score (nSPS) is 22.1. The Morgan fingerprint density at radius 3 is 3.00 bits per heavy atom. The molecule has 0 bridgehead atoms. The number of aromatic nitrogens is 2. The predicted octanol–water partition coefficient (Wildman–Crippen LogP) is 2.20. The van der Waals surface area contributed by atoms with Gasteiger partial charge >= 0.3 is 0 Å². The van der Waals surface area contributed by atoms with Crippen molar-refractivity contribution in [2.24, 2.45) is 16.8 Å². The second-order valence-electron chi connectivity index (χ2n) is 7.16. The minimum Gasteiger partial charge on any atom is -0.340 e. The molecule has 0 aliphatic carbocycles. The summed E-state index contributed by atoms with van der Waals surface area (Å²) in [7, 11) is 0. The van der Waals surface area contributed by atoms with E-state index in [0.717, 1.165) is 48.9 Å². The van der Waals surface area contributed by atoms with E-state index in [9.17, 15) is 0 Å². The van der Waals surface area contributed by atoms with Crippen molar-refractivity contribution in [1.82, 2.24) is 15.3 Å². The molecular weight excluding hydrogens is 312 g/mol. The van der Waals surface area contributed by atoms with Gasteiger partial charge in [-0.2, -0.15) is 4.98 Å². The van der Waals surface area contributed by atoms with Crippen LogP contribution in [0, 0.1) is 11.8 Å². The summed E-state index contributed by atoms with van der Waals surface area (Å²) < 4.78 is 0. The molecule has 1 aromatic heterocycles. The molecule has 0 amide bonds. The largest absolute Gasteiger partial charge is 0.340 e. The molecule has 5 rings (SSSR count). The topological polar surface area (TPSA) is 65.4 Å². The average molecular weight is 334 g/mol. The number of aliphatic imine (C=N–C) groups is 1. The Morgan fingerprint density at radius 1 is 1.16 bits per heavy atom. The summed E-state index contributed by atoms with van der Waals surface area (Å²) in [5.41, 5.74) is 3.51. The molecule has 1 unspecified atom stereocenters. The number of anilines is 3. The molecule has 6 nitrogen and oxygen atoms in total. The molecule has 0 saturated carbocycles. The molecule has 2 saturated heterocycles. The van der Waals surface area contributed by atoms with Crippen LogP contribution in [0.2, 0.25) is 0 Å². The lowest BCUT2D eigenvalue weighted by Gasteiger charge is -2.32. The van der Waals surface area contributed by atoms with Gasteiger partial charge in [0.25, 0.3) is 0 Å². The van der Waals surface area contributed by atoms with Crippen LogP contribution in [0.5, 0.6) is 0 Å². The first-order valence-corrected chi connectivity index (χ1v) is 9.04. The molecule has 2 fully saturated rings. The summed E-state index contributed by atoms with van der Waals surface area (Å²) in [6, 6.07) is 8.27. The minimum atomic E-state index is 0.775. The summed E-state index contributed by atoms with van der Waals surface area (Å²) in [6.07, 6.45) is 5.03. The van der Waals surface area contributed by atoms with Crippen LogP contribution >= 0.6 is 0 Å². The fourth-order valence-electron chi connectivity index (χ4n) is 3.90. The number of benzene rings is 1. The van der Waals surface area contributed by atoms with E-state index in [-0.39, 0.29) is 0 Å². The van der Waals surface area contributed by atoms with Crippen molar-refractivity contribution in [3.63, 3.8) is 0 Å². The molecule has 1 aromatic carbocycles. The lowest BCUT2D eigenvalue weighted by molar-refractivity contribution is 0.250. The first-order valence-electron chi connectivity index (χ1n) is 9.04. The quantitative estimate of drug-likeness (QED) is 0.897. The van der Waals surface area contributed by atoms with Crippen molar-refractivity contribution in [2.45, 2.75) is 13.0 Å². The van der Waals surface area contributed by atoms with Crippen molar-refractivity contribution < 1.29 is 0 Å². The molecule has 0 radical (unpaired) electrons. The molecule has 2 aromatic rings. The van der Waals surface area contributed by atoms with Gasteiger partial charge in [0.1, 0.15) is 5.82 Å². The molecule has 2 N–H and O–H groups in total. The van der Waals surface area contributed by atoms with E-state index >= 15 is 0 Å². The fraction of sp³-hybridized carbons (Fsp3) is 0.421. The van der Waals surface area contributed by atoms with Gasteiger partial charge in [0.2, 0.25) is 5.95 Å². The average Bonchev–Trinajstić information content (AvgIpc) is 3.22. The highest BCUT2D eigenvalue weighted by Crippen LogP contribution is 2.29. The van der Waals surface area contributed by atoms with Crippen LogP contribution in [0.4, 0.5) is 17.5 Å². The molecule has 6 heteroatoms. The van der Waals surface area contributed by atoms with E-state index in [1.54, 1.807) is 0 Å². The number of fused-ring (bicyclic) bond motifs is 1. The Morgan fingerprint density at radius 2 is 2.12 bits per heavy atom. The maximum absolute atomic E-state index is 4.74. The fourth-order valence-corrected chi connectivity index (χ4v) is 3.90. The Balaban J connectivity index is 1.30. The Bertz CT molecular complexity index is 813. The van der Waals surface area contributed by atoms with Crippen molar-refractivity contribution in [2.75, 3.05) is 36.4 Å². The van der Waals surface area contributed by atoms with Gasteiger partial charge in [-0.25, -0.2) is 4.98 Å². The molecule has 3 aliphatic heterocycles. The molecule has 4 heterocycles. The molecule has 0 spiro atoms. The van der Waals surface area contributed by atoms with Crippen molar-refractivity contribution in [3.8, 4) is 0 Å². The Hall–Kier alpha value is -2.47. The SMILES string of the molecule is C1=NCc2ccc(Nc3ccnc(N4CCC(C5CNC5)C4)n3)cc21. The lowest BCUT2D eigenvalue weighted by Crippen LogP contribution is -2.46. The van der Waals surface area contributed by atoms with Crippen molar-refractivity contribution in [3.05, 3.63) is 41.6 Å². The van der Waals surface area contributed by atoms with E-state index in [0.29, 0.717) is 0 Å². The Labute approximate surface area is 147 Å². The van der Waals surface area contributed by atoms with Gasteiger partial charge in [-0.15, -0.1) is 0 Å². The predicted molar refractivity (Wildman–Crippen MR) is 99.7 cm³/mol. The van der Waals surface area contributed by atoms with E-state index in [4.69, 9.17) is 4.98 Å². The van der Waals surface area contributed by atoms with Crippen LogP contribution in [0.15, 0.2) is 35.5 Å². The van der Waals surface area contributed by atoms with Gasteiger partial charge in [0.05, 0.1) is 6.54 Å². The van der Waals surface area contributed by atoms with Gasteiger partial charge in [0.15, 0.2) is 0 Å². The van der Waals surface area contributed by atoms with Crippen LogP contribution < -0.4 is 15.5 Å². The third-order valence-corrected chi connectivity index (χ3v) is 5.54. The summed E-state index contributed by atoms with van der Waals surface area (Å²) in [5, 5.41) is 6.78. The van der Waals surface area contributed by atoms with Gasteiger partial charge in [-0.3, -0.25) is 4.99 Å². The van der Waals surface area contributed by atoms with Gasteiger partial charge in [-0.05, 0) is 60.7 Å². The smallest absolute Gasteiger partial charge is 0.227 e. The van der Waals surface area contributed by atoms with Crippen LogP contribution in [0.1, 0.15) is 17.5 Å². The zero-order chi connectivity index (χ0) is 16.6. The maximum atomic E-state index is 4.74. The molecule has 3 aliphatic rings. The van der Waals surface area contributed by atoms with E-state index in [2.05, 4.69) is 43.7 Å². The monoisotopic (exact) mass is 334 g/mol. The second-order valence-corrected chi connectivity index (χ2v) is 7.16. The van der Waals surface area contributed by atoms with Crippen LogP contribution in [0.3, 0.4) is 0 Å². The standard InChI is InChI=1S/C19H22N6/c1-2-17(7-15-9-20-8-13(1)15)23-18-3-5-22-19(24-18)25-6-4-14(12-25)16-10-21-11-16/h1-3,5,7,9,14,16,21H,4,6,8,10-12H2,(H,22,23,24). The first kappa shape index (κ1) is 14.8. The number of hydrogen-bond acceptors (Lipinski definition) is 6. The van der Waals surface area contributed by atoms with Gasteiger partial charge in [0, 0.05) is 31.2 Å². The zero-order valence-electron chi connectivity index (χ0n) is 14.2. The van der Waals surface area contributed by atoms with E-state index in [1.165, 1.54) is 30.6 Å². The lowest BCUT2D eigenvalue weighted by atomic mass is 9.87. The maximum Gasteiger partial charge on any atom is 0.227 e. The van der Waals surface area contributed by atoms with Crippen molar-refractivity contribution in [1.29, 1.82) is 0 Å². The van der Waals surface area contributed by atoms with Crippen LogP contribution in [-0.2, 0) is 6.54 Å². The number of nitrogens with one attached hydrogen (secondary N) is 2. The van der Waals surface area contributed by atoms with Gasteiger partial charge < -0.3 is 15.5 Å². The van der Waals surface area contributed by atoms with E-state index < -0.39 is 0 Å². The van der Waals surface area contributed by atoms with Crippen LogP contribution in [-0.4, -0.2) is 42.4 Å². The van der Waals surface area contributed by atoms with Crippen LogP contribution in [0.25, 0.3) is 0 Å². The highest BCUT2D eigenvalue weighted by molar-refractivity contribution is 5.86. The van der Waals surface area contributed by atoms with Gasteiger partial charge in [-0.1, -0.05) is 6.07 Å². The molecular formula is C19H22N6. The summed E-state index contributed by atoms with van der Waals surface area (Å²) in [5.74, 6) is 3.29. The third-order valence-electron chi connectivity index (χ3n) is 5.54. The highest BCUT2D eigenvalue weighted by Gasteiger charge is 2.33. The van der Waals surface area contributed by atoms with E-state index in [1.807, 2.05) is 18.5 Å². The zero-order valence-corrected chi connectivity index (χ0v) is 14.2. The summed E-state index contributed by atoms with van der Waals surface area (Å²) in [6.45, 7) is 5.26. The summed E-state index contributed by atoms with van der Waals surface area (Å²) in [4.78, 5) is 15.9. The van der Waals surface area contributed by atoms with Crippen molar-refractivity contribution >= 4 is 23.7 Å². The highest BCUT2D eigenvalue weighted by atomic mass is 15.3. The third kappa shape index (κ3) is 2.87. The number of rotatable bonds is 4. The molecule has 1 atom stereocenters. The molecule has 128 valence electrons. The number of nitrogens with zero attached hydrogens (tertiary/aromatic N) is 4. The number of hydrogen-bond donors (Lipinski definition) is 2. The second kappa shape index (κ2) is 6.11. The molecule has 25 heavy (non-hydrogen) atoms. The minimum absolute atomic E-state index is 0.775. The first-order chi connectivity index (χ1) is 12.3.